The van der Waals surface area contributed by atoms with E-state index in [1.165, 1.54) is 12.1 Å². The van der Waals surface area contributed by atoms with Crippen LogP contribution in [0.2, 0.25) is 0 Å². The van der Waals surface area contributed by atoms with Crippen LogP contribution in [-0.2, 0) is 6.54 Å². The second-order valence-electron chi connectivity index (χ2n) is 5.01. The highest BCUT2D eigenvalue weighted by atomic mass is 16.5. The highest BCUT2D eigenvalue weighted by Gasteiger charge is 2.06. The van der Waals surface area contributed by atoms with E-state index >= 15 is 0 Å². The number of hydrogen-bond acceptors (Lipinski definition) is 3. The molecular weight excluding hydrogens is 282 g/mol. The molecular formula is C17H19NO4. The van der Waals surface area contributed by atoms with Crippen molar-refractivity contribution in [3.05, 3.63) is 64.1 Å². The van der Waals surface area contributed by atoms with E-state index in [1.807, 2.05) is 0 Å². The van der Waals surface area contributed by atoms with Crippen molar-refractivity contribution in [3.8, 4) is 5.75 Å². The maximum absolute atomic E-state index is 12.3. The number of pyridine rings is 1. The van der Waals surface area contributed by atoms with Gasteiger partial charge in [0.1, 0.15) is 0 Å². The fourth-order valence-corrected chi connectivity index (χ4v) is 2.03. The fourth-order valence-electron chi connectivity index (χ4n) is 2.03. The molecule has 1 aromatic carbocycles. The van der Waals surface area contributed by atoms with Crippen molar-refractivity contribution in [2.45, 2.75) is 26.3 Å². The summed E-state index contributed by atoms with van der Waals surface area (Å²) < 4.78 is 7.05. The first-order valence-corrected chi connectivity index (χ1v) is 7.26. The molecule has 0 aliphatic carbocycles. The average molecular weight is 301 g/mol. The number of benzene rings is 1. The number of hydrogen-bond donors (Lipinski definition) is 1. The van der Waals surface area contributed by atoms with Gasteiger partial charge < -0.3 is 14.4 Å². The molecule has 1 aromatic heterocycles. The zero-order valence-electron chi connectivity index (χ0n) is 12.5. The predicted molar refractivity (Wildman–Crippen MR) is 83.6 cm³/mol. The Labute approximate surface area is 128 Å². The molecule has 0 unspecified atom stereocenters. The van der Waals surface area contributed by atoms with Gasteiger partial charge in [0.05, 0.1) is 18.7 Å². The second-order valence-corrected chi connectivity index (χ2v) is 5.01. The molecule has 5 nitrogen and oxygen atoms in total. The van der Waals surface area contributed by atoms with Gasteiger partial charge in [-0.15, -0.1) is 0 Å². The molecule has 0 atom stereocenters. The van der Waals surface area contributed by atoms with Crippen molar-refractivity contribution < 1.29 is 14.6 Å². The van der Waals surface area contributed by atoms with Gasteiger partial charge in [-0.1, -0.05) is 25.5 Å². The minimum Gasteiger partial charge on any atom is -0.488 e. The Balaban J connectivity index is 2.14. The van der Waals surface area contributed by atoms with Crippen LogP contribution in [0.25, 0.3) is 0 Å². The van der Waals surface area contributed by atoms with Crippen molar-refractivity contribution >= 4 is 5.97 Å². The zero-order valence-corrected chi connectivity index (χ0v) is 12.5. The Bertz CT molecular complexity index is 689. The molecule has 0 radical (unpaired) electrons. The lowest BCUT2D eigenvalue weighted by molar-refractivity contribution is 0.0697. The summed E-state index contributed by atoms with van der Waals surface area (Å²) in [5.74, 6) is -0.617. The Morgan fingerprint density at radius 1 is 1.23 bits per heavy atom. The van der Waals surface area contributed by atoms with Gasteiger partial charge in [-0.05, 0) is 36.2 Å². The van der Waals surface area contributed by atoms with Crippen LogP contribution in [0, 0.1) is 0 Å². The fraction of sp³-hybridized carbons (Fsp3) is 0.294. The lowest BCUT2D eigenvalue weighted by atomic mass is 10.1. The van der Waals surface area contributed by atoms with E-state index in [2.05, 4.69) is 6.92 Å². The first-order valence-electron chi connectivity index (χ1n) is 7.26. The number of ether oxygens (including phenoxy) is 1. The third kappa shape index (κ3) is 3.97. The summed E-state index contributed by atoms with van der Waals surface area (Å²) in [7, 11) is 0. The predicted octanol–water partition coefficient (Wildman–Crippen LogP) is 2.77. The Kier molecular flexibility index (Phi) is 5.36. The highest BCUT2D eigenvalue weighted by Crippen LogP contribution is 2.08. The van der Waals surface area contributed by atoms with Gasteiger partial charge in [0, 0.05) is 6.20 Å². The van der Waals surface area contributed by atoms with Gasteiger partial charge in [-0.25, -0.2) is 4.79 Å². The van der Waals surface area contributed by atoms with E-state index in [-0.39, 0.29) is 11.1 Å². The van der Waals surface area contributed by atoms with Crippen LogP contribution in [0.3, 0.4) is 0 Å². The lowest BCUT2D eigenvalue weighted by Gasteiger charge is -2.09. The molecule has 0 fully saturated rings. The number of aromatic carboxylic acids is 1. The molecule has 0 saturated heterocycles. The summed E-state index contributed by atoms with van der Waals surface area (Å²) in [5, 5.41) is 8.88. The Morgan fingerprint density at radius 3 is 2.59 bits per heavy atom. The Morgan fingerprint density at radius 2 is 1.95 bits per heavy atom. The van der Waals surface area contributed by atoms with E-state index in [0.29, 0.717) is 18.9 Å². The molecule has 5 heteroatoms. The van der Waals surface area contributed by atoms with Crippen molar-refractivity contribution in [2.75, 3.05) is 6.61 Å². The van der Waals surface area contributed by atoms with Crippen LogP contribution in [0.4, 0.5) is 0 Å². The smallest absolute Gasteiger partial charge is 0.335 e. The molecule has 0 amide bonds. The monoisotopic (exact) mass is 301 g/mol. The van der Waals surface area contributed by atoms with E-state index in [4.69, 9.17) is 9.84 Å². The summed E-state index contributed by atoms with van der Waals surface area (Å²) in [5.41, 5.74) is 0.909. The molecule has 22 heavy (non-hydrogen) atoms. The summed E-state index contributed by atoms with van der Waals surface area (Å²) >= 11 is 0. The summed E-state index contributed by atoms with van der Waals surface area (Å²) in [6, 6.07) is 9.92. The normalized spacial score (nSPS) is 10.4. The van der Waals surface area contributed by atoms with E-state index in [9.17, 15) is 9.59 Å². The standard InChI is InChI=1S/C17H19NO4/c1-2-3-11-22-15-5-4-10-18(16(15)19)12-13-6-8-14(9-7-13)17(20)21/h4-10H,2-3,11-12H2,1H3,(H,20,21). The van der Waals surface area contributed by atoms with Crippen LogP contribution in [0.15, 0.2) is 47.4 Å². The second kappa shape index (κ2) is 7.45. The Hall–Kier alpha value is -2.56. The molecule has 0 spiro atoms. The minimum atomic E-state index is -0.963. The molecule has 0 saturated carbocycles. The average Bonchev–Trinajstić information content (AvgIpc) is 2.51. The van der Waals surface area contributed by atoms with Gasteiger partial charge >= 0.3 is 5.97 Å². The highest BCUT2D eigenvalue weighted by molar-refractivity contribution is 5.87. The molecule has 0 bridgehead atoms. The number of unbranched alkanes of at least 4 members (excludes halogenated alkanes) is 1. The molecule has 0 aliphatic rings. The van der Waals surface area contributed by atoms with Crippen LogP contribution in [0.5, 0.6) is 5.75 Å². The number of carboxylic acids is 1. The molecule has 1 heterocycles. The van der Waals surface area contributed by atoms with Crippen LogP contribution >= 0.6 is 0 Å². The maximum atomic E-state index is 12.3. The van der Waals surface area contributed by atoms with Crippen LogP contribution in [-0.4, -0.2) is 22.2 Å². The lowest BCUT2D eigenvalue weighted by Crippen LogP contribution is -2.22. The largest absolute Gasteiger partial charge is 0.488 e. The topological polar surface area (TPSA) is 68.5 Å². The van der Waals surface area contributed by atoms with E-state index in [0.717, 1.165) is 18.4 Å². The number of aromatic nitrogens is 1. The zero-order chi connectivity index (χ0) is 15.9. The quantitative estimate of drug-likeness (QED) is 0.798. The maximum Gasteiger partial charge on any atom is 0.335 e. The van der Waals surface area contributed by atoms with Crippen LogP contribution in [0.1, 0.15) is 35.7 Å². The van der Waals surface area contributed by atoms with Crippen molar-refractivity contribution in [1.82, 2.24) is 4.57 Å². The van der Waals surface area contributed by atoms with Gasteiger partial charge in [-0.2, -0.15) is 0 Å². The molecule has 116 valence electrons. The number of carbonyl (C=O) groups is 1. The number of nitrogens with zero attached hydrogens (tertiary/aromatic N) is 1. The number of rotatable bonds is 7. The van der Waals surface area contributed by atoms with Gasteiger partial charge in [0.2, 0.25) is 0 Å². The van der Waals surface area contributed by atoms with E-state index < -0.39 is 5.97 Å². The van der Waals surface area contributed by atoms with Crippen LogP contribution < -0.4 is 10.3 Å². The summed E-state index contributed by atoms with van der Waals surface area (Å²) in [4.78, 5) is 23.1. The van der Waals surface area contributed by atoms with Crippen molar-refractivity contribution in [2.24, 2.45) is 0 Å². The molecule has 1 N–H and O–H groups in total. The van der Waals surface area contributed by atoms with Gasteiger partial charge in [-0.3, -0.25) is 4.79 Å². The molecule has 2 aromatic rings. The summed E-state index contributed by atoms with van der Waals surface area (Å²) in [6.45, 7) is 2.97. The van der Waals surface area contributed by atoms with Gasteiger partial charge in [0.25, 0.3) is 5.56 Å². The first-order chi connectivity index (χ1) is 10.6. The van der Waals surface area contributed by atoms with Crippen molar-refractivity contribution in [3.63, 3.8) is 0 Å². The van der Waals surface area contributed by atoms with E-state index in [1.54, 1.807) is 35.0 Å². The molecule has 2 rings (SSSR count). The van der Waals surface area contributed by atoms with Crippen molar-refractivity contribution in [1.29, 1.82) is 0 Å². The third-order valence-electron chi connectivity index (χ3n) is 3.29. The third-order valence-corrected chi connectivity index (χ3v) is 3.29. The number of carboxylic acid groups (broad SMARTS) is 1. The summed E-state index contributed by atoms with van der Waals surface area (Å²) in [6.07, 6.45) is 3.61. The first kappa shape index (κ1) is 15.8. The van der Waals surface area contributed by atoms with Gasteiger partial charge in [0.15, 0.2) is 5.75 Å². The molecule has 0 aliphatic heterocycles. The SMILES string of the molecule is CCCCOc1cccn(Cc2ccc(C(=O)O)cc2)c1=O. The minimum absolute atomic E-state index is 0.180.